The highest BCUT2D eigenvalue weighted by molar-refractivity contribution is 7.89. The molecular weight excluding hydrogens is 468 g/mol. The fourth-order valence-electron chi connectivity index (χ4n) is 4.33. The van der Waals surface area contributed by atoms with Crippen molar-refractivity contribution in [2.45, 2.75) is 18.7 Å². The van der Waals surface area contributed by atoms with Crippen molar-refractivity contribution in [3.63, 3.8) is 0 Å². The molecule has 0 radical (unpaired) electrons. The third kappa shape index (κ3) is 4.27. The number of aryl methyl sites for hydroxylation is 2. The zero-order valence-electron chi connectivity index (χ0n) is 19.1. The number of piperazine rings is 1. The van der Waals surface area contributed by atoms with Gasteiger partial charge in [-0.1, -0.05) is 48.0 Å². The first kappa shape index (κ1) is 22.8. The molecule has 4 aromatic rings. The van der Waals surface area contributed by atoms with Gasteiger partial charge in [-0.05, 0) is 66.1 Å². The molecule has 0 atom stereocenters. The average molecular weight is 493 g/mol. The van der Waals surface area contributed by atoms with Crippen molar-refractivity contribution in [2.75, 3.05) is 31.1 Å². The lowest BCUT2D eigenvalue weighted by molar-refractivity contribution is 0.383. The van der Waals surface area contributed by atoms with Gasteiger partial charge in [0.1, 0.15) is 0 Å². The third-order valence-electron chi connectivity index (χ3n) is 6.33. The number of hydrogen-bond donors (Lipinski definition) is 0. The summed E-state index contributed by atoms with van der Waals surface area (Å²) in [6.07, 6.45) is 0. The van der Waals surface area contributed by atoms with E-state index in [1.54, 1.807) is 19.1 Å². The van der Waals surface area contributed by atoms with E-state index in [0.29, 0.717) is 41.7 Å². The van der Waals surface area contributed by atoms with Crippen LogP contribution in [-0.2, 0) is 10.0 Å². The number of nitrogens with zero attached hydrogens (tertiary/aromatic N) is 4. The van der Waals surface area contributed by atoms with Crippen molar-refractivity contribution < 1.29 is 8.42 Å². The number of rotatable bonds is 4. The van der Waals surface area contributed by atoms with Crippen molar-refractivity contribution in [1.29, 1.82) is 0 Å². The molecule has 174 valence electrons. The zero-order valence-corrected chi connectivity index (χ0v) is 20.6. The summed E-state index contributed by atoms with van der Waals surface area (Å²) in [5.41, 5.74) is 3.24. The fraction of sp³-hybridized carbons (Fsp3) is 0.231. The molecule has 5 rings (SSSR count). The van der Waals surface area contributed by atoms with E-state index in [1.807, 2.05) is 31.2 Å². The van der Waals surface area contributed by atoms with Crippen LogP contribution in [0.2, 0.25) is 5.02 Å². The van der Waals surface area contributed by atoms with Gasteiger partial charge in [0.25, 0.3) is 0 Å². The van der Waals surface area contributed by atoms with Gasteiger partial charge in [-0.2, -0.15) is 4.31 Å². The lowest BCUT2D eigenvalue weighted by Crippen LogP contribution is -2.49. The predicted molar refractivity (Wildman–Crippen MR) is 137 cm³/mol. The summed E-state index contributed by atoms with van der Waals surface area (Å²) in [5, 5.41) is 11.8. The Kier molecular flexibility index (Phi) is 6.02. The van der Waals surface area contributed by atoms with Crippen LogP contribution in [0.15, 0.2) is 71.6 Å². The Bertz CT molecular complexity index is 1460. The normalized spacial score (nSPS) is 15.1. The summed E-state index contributed by atoms with van der Waals surface area (Å²) in [4.78, 5) is 2.39. The highest BCUT2D eigenvalue weighted by atomic mass is 35.5. The summed E-state index contributed by atoms with van der Waals surface area (Å²) in [5.74, 6) is 0.750. The number of hydrogen-bond acceptors (Lipinski definition) is 5. The van der Waals surface area contributed by atoms with Crippen LogP contribution in [0.1, 0.15) is 11.1 Å². The van der Waals surface area contributed by atoms with Gasteiger partial charge in [0.15, 0.2) is 5.82 Å². The second-order valence-electron chi connectivity index (χ2n) is 8.60. The minimum atomic E-state index is -3.59. The van der Waals surface area contributed by atoms with Gasteiger partial charge < -0.3 is 4.90 Å². The number of anilines is 1. The van der Waals surface area contributed by atoms with Crippen LogP contribution < -0.4 is 4.90 Å². The van der Waals surface area contributed by atoms with Crippen molar-refractivity contribution in [2.24, 2.45) is 0 Å². The molecule has 0 bridgehead atoms. The monoisotopic (exact) mass is 492 g/mol. The van der Waals surface area contributed by atoms with E-state index in [4.69, 9.17) is 11.6 Å². The fourth-order valence-corrected chi connectivity index (χ4v) is 6.26. The molecule has 2 heterocycles. The maximum absolute atomic E-state index is 13.2. The topological polar surface area (TPSA) is 66.4 Å². The first-order valence-corrected chi connectivity index (χ1v) is 13.0. The van der Waals surface area contributed by atoms with Crippen LogP contribution in [0.3, 0.4) is 0 Å². The molecule has 0 spiro atoms. The molecule has 1 fully saturated rings. The van der Waals surface area contributed by atoms with Gasteiger partial charge in [0.05, 0.1) is 10.6 Å². The van der Waals surface area contributed by atoms with Gasteiger partial charge >= 0.3 is 0 Å². The van der Waals surface area contributed by atoms with Crippen molar-refractivity contribution in [3.05, 3.63) is 82.9 Å². The molecule has 0 amide bonds. The molecule has 1 aliphatic heterocycles. The highest BCUT2D eigenvalue weighted by Crippen LogP contribution is 2.28. The Balaban J connectivity index is 1.29. The van der Waals surface area contributed by atoms with E-state index in [1.165, 1.54) is 9.69 Å². The van der Waals surface area contributed by atoms with Crippen molar-refractivity contribution in [1.82, 2.24) is 14.5 Å². The van der Waals surface area contributed by atoms with Crippen LogP contribution in [-0.4, -0.2) is 49.1 Å². The molecule has 34 heavy (non-hydrogen) atoms. The third-order valence-corrected chi connectivity index (χ3v) is 8.78. The van der Waals surface area contributed by atoms with Crippen LogP contribution in [0, 0.1) is 13.8 Å². The predicted octanol–water partition coefficient (Wildman–Crippen LogP) is 5.08. The van der Waals surface area contributed by atoms with Crippen LogP contribution in [0.5, 0.6) is 0 Å². The molecule has 0 saturated carbocycles. The van der Waals surface area contributed by atoms with E-state index >= 15 is 0 Å². The van der Waals surface area contributed by atoms with Gasteiger partial charge in [-0.3, -0.25) is 0 Å². The van der Waals surface area contributed by atoms with E-state index in [2.05, 4.69) is 45.4 Å². The van der Waals surface area contributed by atoms with Crippen LogP contribution in [0.4, 0.5) is 5.82 Å². The standard InChI is InChI=1S/C26H25ClN4O2S/c1-18-16-25(19(2)15-23(18)27)34(32,33)31-13-11-30(12-14-31)26-10-9-24(28-29-26)22-8-7-20-5-3-4-6-21(20)17-22/h3-10,15-17H,11-14H2,1-2H3. The second-order valence-corrected chi connectivity index (χ2v) is 10.9. The van der Waals surface area contributed by atoms with E-state index in [-0.39, 0.29) is 0 Å². The quantitative estimate of drug-likeness (QED) is 0.397. The Morgan fingerprint density at radius 1 is 0.794 bits per heavy atom. The number of halogens is 1. The van der Waals surface area contributed by atoms with E-state index < -0.39 is 10.0 Å². The van der Waals surface area contributed by atoms with Gasteiger partial charge in [0, 0.05) is 36.8 Å². The highest BCUT2D eigenvalue weighted by Gasteiger charge is 2.30. The minimum absolute atomic E-state index is 0.322. The molecule has 1 saturated heterocycles. The number of benzene rings is 3. The smallest absolute Gasteiger partial charge is 0.243 e. The minimum Gasteiger partial charge on any atom is -0.352 e. The van der Waals surface area contributed by atoms with Crippen LogP contribution >= 0.6 is 11.6 Å². The number of fused-ring (bicyclic) bond motifs is 1. The van der Waals surface area contributed by atoms with Crippen molar-refractivity contribution in [3.8, 4) is 11.3 Å². The number of aromatic nitrogens is 2. The largest absolute Gasteiger partial charge is 0.352 e. The summed E-state index contributed by atoms with van der Waals surface area (Å²) in [7, 11) is -3.59. The first-order valence-electron chi connectivity index (χ1n) is 11.2. The summed E-state index contributed by atoms with van der Waals surface area (Å²) >= 11 is 6.16. The molecule has 0 N–H and O–H groups in total. The van der Waals surface area contributed by atoms with E-state index in [9.17, 15) is 8.42 Å². The molecule has 3 aromatic carbocycles. The first-order chi connectivity index (χ1) is 16.3. The summed E-state index contributed by atoms with van der Waals surface area (Å²) in [6, 6.07) is 21.8. The average Bonchev–Trinajstić information content (AvgIpc) is 2.86. The maximum atomic E-state index is 13.2. The molecule has 0 unspecified atom stereocenters. The van der Waals surface area contributed by atoms with Crippen molar-refractivity contribution >= 4 is 38.2 Å². The molecule has 8 heteroatoms. The lowest BCUT2D eigenvalue weighted by Gasteiger charge is -2.34. The molecule has 1 aromatic heterocycles. The second kappa shape index (κ2) is 8.98. The Morgan fingerprint density at radius 3 is 2.24 bits per heavy atom. The van der Waals surface area contributed by atoms with Crippen LogP contribution in [0.25, 0.3) is 22.0 Å². The molecular formula is C26H25ClN4O2S. The van der Waals surface area contributed by atoms with E-state index in [0.717, 1.165) is 28.0 Å². The summed E-state index contributed by atoms with van der Waals surface area (Å²) in [6.45, 7) is 5.47. The molecule has 0 aliphatic carbocycles. The van der Waals surface area contributed by atoms with Gasteiger partial charge in [-0.25, -0.2) is 8.42 Å². The molecule has 6 nitrogen and oxygen atoms in total. The van der Waals surface area contributed by atoms with Gasteiger partial charge in [0.2, 0.25) is 10.0 Å². The SMILES string of the molecule is Cc1cc(S(=O)(=O)N2CCN(c3ccc(-c4ccc5ccccc5c4)nn3)CC2)c(C)cc1Cl. The maximum Gasteiger partial charge on any atom is 0.243 e. The Hall–Kier alpha value is -3.00. The Morgan fingerprint density at radius 2 is 1.53 bits per heavy atom. The summed E-state index contributed by atoms with van der Waals surface area (Å²) < 4.78 is 28.0. The lowest BCUT2D eigenvalue weighted by atomic mass is 10.1. The molecule has 1 aliphatic rings. The van der Waals surface area contributed by atoms with Gasteiger partial charge in [-0.15, -0.1) is 10.2 Å². The number of sulfonamides is 1. The Labute approximate surface area is 204 Å². The zero-order chi connectivity index (χ0) is 23.9.